The summed E-state index contributed by atoms with van der Waals surface area (Å²) in [6, 6.07) is 4.46. The Hall–Kier alpha value is -4.36. The smallest absolute Gasteiger partial charge is 0.416 e. The molecule has 10 nitrogen and oxygen atoms in total. The van der Waals surface area contributed by atoms with Gasteiger partial charge in [0.15, 0.2) is 11.4 Å². The summed E-state index contributed by atoms with van der Waals surface area (Å²) >= 11 is 0. The highest BCUT2D eigenvalue weighted by atomic mass is 19.4. The molecular formula is C30H30F3N3O7. The number of amides is 1. The second-order valence-corrected chi connectivity index (χ2v) is 11.6. The fraction of sp³-hybridized carbons (Fsp3) is 0.367. The third-order valence-corrected chi connectivity index (χ3v) is 8.70. The molecule has 0 saturated carbocycles. The molecule has 0 heterocycles. The molecule has 0 unspecified atom stereocenters. The molecule has 0 spiro atoms. The number of ketones is 2. The Kier molecular flexibility index (Phi) is 6.89. The van der Waals surface area contributed by atoms with Gasteiger partial charge in [-0.05, 0) is 62.2 Å². The van der Waals surface area contributed by atoms with E-state index in [9.17, 15) is 48.0 Å². The third kappa shape index (κ3) is 4.28. The van der Waals surface area contributed by atoms with Gasteiger partial charge >= 0.3 is 6.18 Å². The van der Waals surface area contributed by atoms with Crippen LogP contribution in [0, 0.1) is 11.8 Å². The normalized spacial score (nSPS) is 25.5. The molecular weight excluding hydrogens is 571 g/mol. The van der Waals surface area contributed by atoms with Crippen LogP contribution in [0.25, 0.3) is 11.1 Å². The third-order valence-electron chi connectivity index (χ3n) is 8.70. The molecule has 2 aromatic rings. The average Bonchev–Trinajstić information content (AvgIpc) is 2.90. The van der Waals surface area contributed by atoms with Gasteiger partial charge in [-0.2, -0.15) is 13.2 Å². The number of primary amides is 1. The molecule has 3 aliphatic carbocycles. The van der Waals surface area contributed by atoms with Gasteiger partial charge in [-0.15, -0.1) is 0 Å². The number of aliphatic hydroxyl groups is 3. The summed E-state index contributed by atoms with van der Waals surface area (Å²) in [5.41, 5.74) is 1.34. The van der Waals surface area contributed by atoms with Crippen molar-refractivity contribution in [2.75, 3.05) is 33.1 Å². The molecule has 6 N–H and O–H groups in total. The van der Waals surface area contributed by atoms with Gasteiger partial charge in [-0.3, -0.25) is 19.3 Å². The summed E-state index contributed by atoms with van der Waals surface area (Å²) in [5, 5.41) is 45.5. The van der Waals surface area contributed by atoms with E-state index in [2.05, 4.69) is 0 Å². The van der Waals surface area contributed by atoms with E-state index in [-0.39, 0.29) is 35.1 Å². The van der Waals surface area contributed by atoms with E-state index in [0.717, 1.165) is 24.3 Å². The summed E-state index contributed by atoms with van der Waals surface area (Å²) < 4.78 is 39.5. The van der Waals surface area contributed by atoms with Crippen molar-refractivity contribution in [1.29, 1.82) is 0 Å². The van der Waals surface area contributed by atoms with Gasteiger partial charge in [0.05, 0.1) is 17.2 Å². The maximum absolute atomic E-state index is 14.1. The Bertz CT molecular complexity index is 1640. The lowest BCUT2D eigenvalue weighted by molar-refractivity contribution is -0.148. The number of rotatable bonds is 4. The molecule has 0 bridgehead atoms. The van der Waals surface area contributed by atoms with Crippen molar-refractivity contribution in [3.8, 4) is 16.9 Å². The standard InChI is InChI=1S/C30H30F3N3O7/c1-35(2)18-11-15(12-5-7-14(8-6-12)30(31,32)33)23(37)20-16(18)9-13-10-17-22(36(3)4)25(39)21(28(34)42)27(41)29(17,43)26(40)19(13)24(20)38/h5-8,11,13,17,22,37,39-40,43H,9-10H2,1-4H3,(H2,34,42)/t13-,17-,22-,29-/m0/s1. The van der Waals surface area contributed by atoms with Gasteiger partial charge in [0.25, 0.3) is 5.91 Å². The van der Waals surface area contributed by atoms with E-state index < -0.39 is 75.5 Å². The van der Waals surface area contributed by atoms with E-state index in [0.29, 0.717) is 11.3 Å². The van der Waals surface area contributed by atoms with Gasteiger partial charge < -0.3 is 31.1 Å². The SMILES string of the molecule is CN(C)c1cc(-c2ccc(C(F)(F)F)cc2)c(O)c2c1C[C@H]1C[C@H]3[C@H](N(C)C)C(O)=C(C(N)=O)C(=O)[C@@]3(O)C(O)=C1C2=O. The van der Waals surface area contributed by atoms with Crippen LogP contribution in [0.4, 0.5) is 18.9 Å². The molecule has 0 aliphatic heterocycles. The minimum absolute atomic E-state index is 0.0562. The number of aliphatic hydroxyl groups excluding tert-OH is 2. The number of phenols is 1. The van der Waals surface area contributed by atoms with E-state index in [1.54, 1.807) is 25.1 Å². The van der Waals surface area contributed by atoms with Crippen LogP contribution in [0.2, 0.25) is 0 Å². The number of nitrogens with two attached hydrogens (primary N) is 1. The van der Waals surface area contributed by atoms with Crippen LogP contribution in [0.1, 0.15) is 27.9 Å². The minimum Gasteiger partial charge on any atom is -0.510 e. The first-order valence-electron chi connectivity index (χ1n) is 13.3. The van der Waals surface area contributed by atoms with Crippen LogP contribution in [-0.2, 0) is 22.2 Å². The van der Waals surface area contributed by atoms with Crippen LogP contribution in [0.3, 0.4) is 0 Å². The van der Waals surface area contributed by atoms with Crippen molar-refractivity contribution in [1.82, 2.24) is 4.90 Å². The molecule has 228 valence electrons. The maximum Gasteiger partial charge on any atom is 0.416 e. The van der Waals surface area contributed by atoms with E-state index >= 15 is 0 Å². The maximum atomic E-state index is 14.1. The lowest BCUT2D eigenvalue weighted by atomic mass is 9.58. The number of alkyl halides is 3. The topological polar surface area (TPSA) is 165 Å². The Labute approximate surface area is 244 Å². The number of phenolic OH excluding ortho intramolecular Hbond substituents is 1. The van der Waals surface area contributed by atoms with Crippen LogP contribution in [0.5, 0.6) is 5.75 Å². The predicted octanol–water partition coefficient (Wildman–Crippen LogP) is 2.87. The average molecular weight is 602 g/mol. The van der Waals surface area contributed by atoms with Crippen LogP contribution >= 0.6 is 0 Å². The minimum atomic E-state index is -4.58. The number of aromatic hydroxyl groups is 1. The van der Waals surface area contributed by atoms with Crippen LogP contribution in [-0.4, -0.2) is 82.6 Å². The Morgan fingerprint density at radius 2 is 1.65 bits per heavy atom. The Morgan fingerprint density at radius 1 is 1.05 bits per heavy atom. The number of anilines is 1. The summed E-state index contributed by atoms with van der Waals surface area (Å²) in [5.74, 6) is -7.70. The number of allylic oxidation sites excluding steroid dienone is 1. The van der Waals surface area contributed by atoms with Crippen molar-refractivity contribution < 1.29 is 48.0 Å². The number of nitrogens with zero attached hydrogens (tertiary/aromatic N) is 2. The van der Waals surface area contributed by atoms with E-state index in [1.807, 2.05) is 0 Å². The number of hydrogen-bond donors (Lipinski definition) is 5. The molecule has 5 rings (SSSR count). The Balaban J connectivity index is 1.72. The highest BCUT2D eigenvalue weighted by Gasteiger charge is 2.63. The lowest BCUT2D eigenvalue weighted by Gasteiger charge is -2.50. The van der Waals surface area contributed by atoms with Gasteiger partial charge in [0.2, 0.25) is 5.78 Å². The molecule has 43 heavy (non-hydrogen) atoms. The molecule has 13 heteroatoms. The summed E-state index contributed by atoms with van der Waals surface area (Å²) in [6.45, 7) is 0. The predicted molar refractivity (Wildman–Crippen MR) is 148 cm³/mol. The zero-order valence-corrected chi connectivity index (χ0v) is 23.7. The number of halogens is 3. The number of fused-ring (bicyclic) bond motifs is 3. The molecule has 3 aliphatic rings. The fourth-order valence-electron chi connectivity index (χ4n) is 6.76. The zero-order valence-electron chi connectivity index (χ0n) is 23.7. The summed E-state index contributed by atoms with van der Waals surface area (Å²) in [6.07, 6.45) is -4.58. The first-order valence-corrected chi connectivity index (χ1v) is 13.3. The van der Waals surface area contributed by atoms with Crippen LogP contribution < -0.4 is 10.6 Å². The Morgan fingerprint density at radius 3 is 2.16 bits per heavy atom. The van der Waals surface area contributed by atoms with Crippen molar-refractivity contribution in [3.05, 3.63) is 69.7 Å². The van der Waals surface area contributed by atoms with Gasteiger partial charge in [-0.25, -0.2) is 0 Å². The molecule has 0 aromatic heterocycles. The number of likely N-dealkylation sites (N-methyl/N-ethyl adjacent to an activating group) is 1. The quantitative estimate of drug-likeness (QED) is 0.332. The van der Waals surface area contributed by atoms with Gasteiger partial charge in [0.1, 0.15) is 22.8 Å². The zero-order chi connectivity index (χ0) is 31.9. The fourth-order valence-corrected chi connectivity index (χ4v) is 6.76. The highest BCUT2D eigenvalue weighted by molar-refractivity contribution is 6.25. The number of benzene rings is 2. The summed E-state index contributed by atoms with van der Waals surface area (Å²) in [4.78, 5) is 42.9. The van der Waals surface area contributed by atoms with Crippen LogP contribution in [0.15, 0.2) is 53.0 Å². The molecule has 1 amide bonds. The molecule has 0 radical (unpaired) electrons. The van der Waals surface area contributed by atoms with Crippen molar-refractivity contribution in [3.63, 3.8) is 0 Å². The second kappa shape index (κ2) is 9.85. The highest BCUT2D eigenvalue weighted by Crippen LogP contribution is 2.54. The second-order valence-electron chi connectivity index (χ2n) is 11.6. The van der Waals surface area contributed by atoms with E-state index in [1.165, 1.54) is 19.0 Å². The van der Waals surface area contributed by atoms with Gasteiger partial charge in [0, 0.05) is 36.8 Å². The first-order chi connectivity index (χ1) is 19.9. The molecule has 2 aromatic carbocycles. The lowest BCUT2D eigenvalue weighted by Crippen LogP contribution is -2.63. The number of hydrogen-bond acceptors (Lipinski definition) is 9. The van der Waals surface area contributed by atoms with Crippen molar-refractivity contribution in [2.24, 2.45) is 17.6 Å². The largest absolute Gasteiger partial charge is 0.510 e. The monoisotopic (exact) mass is 601 g/mol. The first kappa shape index (κ1) is 30.1. The number of Topliss-reactive ketones (excluding diaryl/α,β-unsaturated/α-hetero) is 2. The van der Waals surface area contributed by atoms with Gasteiger partial charge in [-0.1, -0.05) is 12.1 Å². The van der Waals surface area contributed by atoms with E-state index in [4.69, 9.17) is 5.73 Å². The number of carbonyl (C=O) groups is 3. The van der Waals surface area contributed by atoms with Crippen molar-refractivity contribution in [2.45, 2.75) is 30.7 Å². The summed E-state index contributed by atoms with van der Waals surface area (Å²) in [7, 11) is 6.45. The van der Waals surface area contributed by atoms with Crippen molar-refractivity contribution >= 4 is 23.2 Å². The molecule has 4 atom stereocenters. The number of carbonyl (C=O) groups excluding carboxylic acids is 3. The molecule has 0 saturated heterocycles. The molecule has 0 fully saturated rings.